The second kappa shape index (κ2) is 9.89. The average Bonchev–Trinajstić information content (AvgIpc) is 3.30. The van der Waals surface area contributed by atoms with Gasteiger partial charge in [0.15, 0.2) is 0 Å². The number of aromatic amines is 1. The summed E-state index contributed by atoms with van der Waals surface area (Å²) in [7, 11) is 0. The topological polar surface area (TPSA) is 129 Å². The van der Waals surface area contributed by atoms with Crippen molar-refractivity contribution in [3.8, 4) is 11.9 Å². The fraction of sp³-hybridized carbons (Fsp3) is 0.400. The first kappa shape index (κ1) is 25.5. The molecule has 10 nitrogen and oxygen atoms in total. The fourth-order valence-corrected chi connectivity index (χ4v) is 6.21. The van der Waals surface area contributed by atoms with Gasteiger partial charge < -0.3 is 29.0 Å². The third-order valence-corrected chi connectivity index (χ3v) is 8.82. The van der Waals surface area contributed by atoms with E-state index in [0.29, 0.717) is 29.4 Å². The number of nitriles is 1. The molecular formula is C30H29FN6O4. The Morgan fingerprint density at radius 3 is 2.78 bits per heavy atom. The van der Waals surface area contributed by atoms with E-state index in [2.05, 4.69) is 19.4 Å². The number of carbonyl (C=O) groups is 1. The summed E-state index contributed by atoms with van der Waals surface area (Å²) < 4.78 is 27.9. The molecule has 210 valence electrons. The molecule has 7 rings (SSSR count). The molecule has 1 spiro atoms. The van der Waals surface area contributed by atoms with Crippen LogP contribution in [0.25, 0.3) is 11.2 Å². The summed E-state index contributed by atoms with van der Waals surface area (Å²) in [5.74, 6) is 1.14. The number of carboxylic acid groups (broad SMARTS) is 1. The highest BCUT2D eigenvalue weighted by atomic mass is 19.1. The van der Waals surface area contributed by atoms with E-state index in [4.69, 9.17) is 19.7 Å². The quantitative estimate of drug-likeness (QED) is 0.322. The second-order valence-electron chi connectivity index (χ2n) is 11.2. The molecule has 2 aliphatic heterocycles. The van der Waals surface area contributed by atoms with Crippen LogP contribution in [0.5, 0.6) is 5.88 Å². The highest BCUT2D eigenvalue weighted by Gasteiger charge is 2.57. The number of piperidine rings is 1. The third kappa shape index (κ3) is 4.68. The number of imidazole rings is 1. The maximum absolute atomic E-state index is 14.2. The van der Waals surface area contributed by atoms with Crippen LogP contribution in [-0.4, -0.2) is 56.4 Å². The lowest BCUT2D eigenvalue weighted by molar-refractivity contribution is -0.0591. The van der Waals surface area contributed by atoms with Crippen LogP contribution < -0.4 is 9.64 Å². The van der Waals surface area contributed by atoms with Gasteiger partial charge in [-0.15, -0.1) is 0 Å². The maximum atomic E-state index is 14.2. The van der Waals surface area contributed by atoms with Gasteiger partial charge in [0.2, 0.25) is 5.88 Å². The Balaban J connectivity index is 1.02. The predicted molar refractivity (Wildman–Crippen MR) is 146 cm³/mol. The third-order valence-electron chi connectivity index (χ3n) is 8.82. The van der Waals surface area contributed by atoms with Gasteiger partial charge in [-0.2, -0.15) is 10.2 Å². The summed E-state index contributed by atoms with van der Waals surface area (Å²) in [5, 5.41) is 18.4. The Morgan fingerprint density at radius 2 is 2.07 bits per heavy atom. The number of halogens is 1. The van der Waals surface area contributed by atoms with Crippen LogP contribution in [0.15, 0.2) is 42.5 Å². The fourth-order valence-electron chi connectivity index (χ4n) is 6.21. The van der Waals surface area contributed by atoms with E-state index < -0.39 is 11.8 Å². The summed E-state index contributed by atoms with van der Waals surface area (Å²) in [6.45, 7) is 3.17. The van der Waals surface area contributed by atoms with E-state index in [-0.39, 0.29) is 29.4 Å². The monoisotopic (exact) mass is 556 g/mol. The van der Waals surface area contributed by atoms with E-state index in [1.54, 1.807) is 24.3 Å². The van der Waals surface area contributed by atoms with Crippen molar-refractivity contribution in [1.29, 1.82) is 5.26 Å². The molecule has 0 bridgehead atoms. The number of H-pyrrole nitrogens is 1. The molecule has 5 heterocycles. The van der Waals surface area contributed by atoms with Gasteiger partial charge in [0.25, 0.3) is 0 Å². The molecule has 1 aromatic carbocycles. The van der Waals surface area contributed by atoms with Crippen molar-refractivity contribution in [2.24, 2.45) is 5.41 Å². The summed E-state index contributed by atoms with van der Waals surface area (Å²) in [5.41, 5.74) is 2.42. The predicted octanol–water partition coefficient (Wildman–Crippen LogP) is 4.61. The lowest BCUT2D eigenvalue weighted by atomic mass is 9.90. The van der Waals surface area contributed by atoms with Crippen molar-refractivity contribution in [3.05, 3.63) is 70.9 Å². The first-order valence-electron chi connectivity index (χ1n) is 13.9. The van der Waals surface area contributed by atoms with Gasteiger partial charge in [0.1, 0.15) is 40.9 Å². The standard InChI is InChI=1S/C30H29FN6O4/c31-22-12-18(15-32)4-5-19(22)17-41-26-3-1-2-25(35-26)36-9-7-30(8-10-36)14-21(30)27-33-23-13-24(29(38)39)34-28(23)37(27)16-20-6-11-40-20/h1-5,12-13,20-21,34H,6-11,14,16-17H2,(H,38,39)/t20-,21?/m0/s1. The lowest BCUT2D eigenvalue weighted by Gasteiger charge is -2.34. The summed E-state index contributed by atoms with van der Waals surface area (Å²) >= 11 is 0. The molecule has 3 aromatic heterocycles. The molecule has 1 unspecified atom stereocenters. The molecule has 2 atom stereocenters. The lowest BCUT2D eigenvalue weighted by Crippen LogP contribution is -2.36. The normalized spacial score (nSPS) is 21.0. The van der Waals surface area contributed by atoms with Gasteiger partial charge in [-0.3, -0.25) is 0 Å². The molecular weight excluding hydrogens is 527 g/mol. The van der Waals surface area contributed by atoms with E-state index in [9.17, 15) is 14.3 Å². The SMILES string of the molecule is N#Cc1ccc(COc2cccc(N3CCC4(CC3)CC4c3nc4cc(C(=O)O)[nH]c4n3C[C@@H]3CCO3)n2)c(F)c1. The average molecular weight is 557 g/mol. The Morgan fingerprint density at radius 1 is 1.24 bits per heavy atom. The van der Waals surface area contributed by atoms with Crippen molar-refractivity contribution >= 4 is 23.0 Å². The molecule has 3 aliphatic rings. The minimum absolute atomic E-state index is 0.0271. The van der Waals surface area contributed by atoms with E-state index in [0.717, 1.165) is 62.7 Å². The number of ether oxygens (including phenoxy) is 2. The Bertz CT molecular complexity index is 1680. The molecule has 0 amide bonds. The molecule has 2 N–H and O–H groups in total. The molecule has 11 heteroatoms. The molecule has 41 heavy (non-hydrogen) atoms. The van der Waals surface area contributed by atoms with E-state index in [1.165, 1.54) is 6.07 Å². The van der Waals surface area contributed by atoms with Crippen LogP contribution in [0, 0.1) is 22.6 Å². The number of carboxylic acids is 1. The summed E-state index contributed by atoms with van der Waals surface area (Å²) in [4.78, 5) is 26.4. The first-order chi connectivity index (χ1) is 19.9. The number of benzene rings is 1. The zero-order valence-electron chi connectivity index (χ0n) is 22.3. The number of fused-ring (bicyclic) bond motifs is 1. The number of aromatic nitrogens is 4. The van der Waals surface area contributed by atoms with Crippen molar-refractivity contribution in [2.45, 2.75) is 50.9 Å². The molecule has 1 aliphatic carbocycles. The van der Waals surface area contributed by atoms with Crippen LogP contribution in [0.4, 0.5) is 10.2 Å². The molecule has 1 saturated carbocycles. The number of rotatable bonds is 8. The number of nitrogens with one attached hydrogen (secondary N) is 1. The van der Waals surface area contributed by atoms with Crippen LogP contribution in [0.3, 0.4) is 0 Å². The van der Waals surface area contributed by atoms with E-state index in [1.807, 2.05) is 18.2 Å². The Kier molecular flexibility index (Phi) is 6.16. The van der Waals surface area contributed by atoms with Crippen molar-refractivity contribution in [1.82, 2.24) is 19.5 Å². The Labute approximate surface area is 235 Å². The largest absolute Gasteiger partial charge is 0.477 e. The van der Waals surface area contributed by atoms with Gasteiger partial charge in [-0.1, -0.05) is 12.1 Å². The first-order valence-corrected chi connectivity index (χ1v) is 13.9. The number of aromatic carboxylic acids is 1. The molecule has 3 fully saturated rings. The smallest absolute Gasteiger partial charge is 0.352 e. The summed E-state index contributed by atoms with van der Waals surface area (Å²) in [6, 6.07) is 13.5. The highest BCUT2D eigenvalue weighted by molar-refractivity contribution is 5.91. The van der Waals surface area contributed by atoms with Crippen LogP contribution in [-0.2, 0) is 17.9 Å². The maximum Gasteiger partial charge on any atom is 0.352 e. The van der Waals surface area contributed by atoms with Crippen LogP contribution >= 0.6 is 0 Å². The highest BCUT2D eigenvalue weighted by Crippen LogP contribution is 2.65. The number of pyridine rings is 1. The summed E-state index contributed by atoms with van der Waals surface area (Å²) in [6.07, 6.45) is 4.19. The van der Waals surface area contributed by atoms with Gasteiger partial charge in [-0.25, -0.2) is 14.2 Å². The molecule has 4 aromatic rings. The van der Waals surface area contributed by atoms with Crippen LogP contribution in [0.1, 0.15) is 59.0 Å². The van der Waals surface area contributed by atoms with Crippen LogP contribution in [0.2, 0.25) is 0 Å². The minimum atomic E-state index is -0.990. The van der Waals surface area contributed by atoms with Crippen molar-refractivity contribution in [3.63, 3.8) is 0 Å². The van der Waals surface area contributed by atoms with Gasteiger partial charge in [0.05, 0.1) is 24.3 Å². The number of hydrogen-bond acceptors (Lipinski definition) is 7. The number of hydrogen-bond donors (Lipinski definition) is 2. The number of anilines is 1. The zero-order chi connectivity index (χ0) is 28.1. The minimum Gasteiger partial charge on any atom is -0.477 e. The van der Waals surface area contributed by atoms with E-state index >= 15 is 0 Å². The number of nitrogens with zero attached hydrogens (tertiary/aromatic N) is 5. The van der Waals surface area contributed by atoms with Gasteiger partial charge in [0, 0.05) is 37.2 Å². The zero-order valence-corrected chi connectivity index (χ0v) is 22.3. The molecule has 0 radical (unpaired) electrons. The van der Waals surface area contributed by atoms with Crippen molar-refractivity contribution in [2.75, 3.05) is 24.6 Å². The van der Waals surface area contributed by atoms with Gasteiger partial charge >= 0.3 is 5.97 Å². The molecule has 2 saturated heterocycles. The van der Waals surface area contributed by atoms with Gasteiger partial charge in [-0.05, 0) is 55.4 Å². The van der Waals surface area contributed by atoms with Crippen molar-refractivity contribution < 1.29 is 23.8 Å². The second-order valence-corrected chi connectivity index (χ2v) is 11.2. The Hall–Kier alpha value is -4.43.